The first-order valence-corrected chi connectivity index (χ1v) is 10.6. The molecule has 0 aliphatic carbocycles. The molecule has 156 valence electrons. The maximum atomic E-state index is 12.8. The highest BCUT2D eigenvalue weighted by atomic mass is 79.9. The summed E-state index contributed by atoms with van der Waals surface area (Å²) in [5.74, 6) is -0.484. The number of nitrogens with zero attached hydrogens (tertiary/aromatic N) is 2. The molecule has 2 amide bonds. The van der Waals surface area contributed by atoms with Crippen LogP contribution in [0.25, 0.3) is 0 Å². The van der Waals surface area contributed by atoms with Crippen LogP contribution in [0.2, 0.25) is 5.02 Å². The zero-order chi connectivity index (χ0) is 21.8. The topological polar surface area (TPSA) is 71.0 Å². The molecule has 1 aliphatic rings. The zero-order valence-corrected chi connectivity index (χ0v) is 18.5. The van der Waals surface area contributed by atoms with Gasteiger partial charge in [-0.15, -0.1) is 0 Å². The van der Waals surface area contributed by atoms with Gasteiger partial charge in [-0.05, 0) is 48.5 Å². The van der Waals surface area contributed by atoms with E-state index >= 15 is 0 Å². The van der Waals surface area contributed by atoms with E-state index in [0.717, 1.165) is 4.47 Å². The lowest BCUT2D eigenvalue weighted by Gasteiger charge is -2.16. The van der Waals surface area contributed by atoms with Crippen molar-refractivity contribution in [2.24, 2.45) is 5.10 Å². The summed E-state index contributed by atoms with van der Waals surface area (Å²) in [7, 11) is 0. The lowest BCUT2D eigenvalue weighted by atomic mass is 10.1. The first-order valence-electron chi connectivity index (χ1n) is 9.44. The second-order valence-corrected chi connectivity index (χ2v) is 8.12. The summed E-state index contributed by atoms with van der Waals surface area (Å²) in [5, 5.41) is 9.07. The monoisotopic (exact) mass is 497 g/mol. The summed E-state index contributed by atoms with van der Waals surface area (Å²) in [6.45, 7) is 0.0961. The standard InChI is InChI=1S/C23H17BrClN3O3/c24-17-8-12-19(13-9-17)26-23(30)28-14-20(31-22(29)16-4-2-1-3-5-16)21(27-28)15-6-10-18(25)11-7-15/h1-13,20H,14H2,(H,26,30). The normalized spacial score (nSPS) is 15.4. The van der Waals surface area contributed by atoms with Crippen LogP contribution in [0.3, 0.4) is 0 Å². The number of anilines is 1. The molecule has 0 bridgehead atoms. The molecule has 0 saturated carbocycles. The number of esters is 1. The van der Waals surface area contributed by atoms with Gasteiger partial charge in [0.25, 0.3) is 0 Å². The van der Waals surface area contributed by atoms with Crippen molar-refractivity contribution >= 4 is 50.9 Å². The molecule has 1 N–H and O–H groups in total. The van der Waals surface area contributed by atoms with Crippen molar-refractivity contribution in [1.29, 1.82) is 0 Å². The van der Waals surface area contributed by atoms with E-state index in [4.69, 9.17) is 16.3 Å². The molecule has 3 aromatic rings. The van der Waals surface area contributed by atoms with E-state index in [-0.39, 0.29) is 6.54 Å². The largest absolute Gasteiger partial charge is 0.450 e. The Labute approximate surface area is 192 Å². The number of benzene rings is 3. The Balaban J connectivity index is 1.56. The second kappa shape index (κ2) is 9.32. The summed E-state index contributed by atoms with van der Waals surface area (Å²) in [5.41, 5.74) is 2.25. The Hall–Kier alpha value is -3.16. The van der Waals surface area contributed by atoms with Gasteiger partial charge < -0.3 is 10.1 Å². The number of ether oxygens (including phenoxy) is 1. The van der Waals surface area contributed by atoms with Gasteiger partial charge in [0.1, 0.15) is 5.71 Å². The molecule has 1 aliphatic heterocycles. The highest BCUT2D eigenvalue weighted by molar-refractivity contribution is 9.10. The summed E-state index contributed by atoms with van der Waals surface area (Å²) in [6.07, 6.45) is -0.718. The van der Waals surface area contributed by atoms with Gasteiger partial charge in [-0.3, -0.25) is 0 Å². The van der Waals surface area contributed by atoms with E-state index in [1.165, 1.54) is 5.01 Å². The van der Waals surface area contributed by atoms with Gasteiger partial charge in [0.05, 0.1) is 12.1 Å². The molecule has 3 aromatic carbocycles. The molecule has 4 rings (SSSR count). The quantitative estimate of drug-likeness (QED) is 0.477. The van der Waals surface area contributed by atoms with Gasteiger partial charge >= 0.3 is 12.0 Å². The van der Waals surface area contributed by atoms with Crippen LogP contribution in [0.5, 0.6) is 0 Å². The highest BCUT2D eigenvalue weighted by Crippen LogP contribution is 2.22. The van der Waals surface area contributed by atoms with Crippen LogP contribution in [-0.4, -0.2) is 35.4 Å². The Morgan fingerprint density at radius 1 is 1.00 bits per heavy atom. The summed E-state index contributed by atoms with van der Waals surface area (Å²) < 4.78 is 6.62. The molecular formula is C23H17BrClN3O3. The zero-order valence-electron chi connectivity index (χ0n) is 16.2. The van der Waals surface area contributed by atoms with Crippen molar-refractivity contribution in [3.05, 3.63) is 99.5 Å². The van der Waals surface area contributed by atoms with Gasteiger partial charge in [0.2, 0.25) is 0 Å². The van der Waals surface area contributed by atoms with E-state index < -0.39 is 18.1 Å². The number of nitrogens with one attached hydrogen (secondary N) is 1. The number of urea groups is 1. The summed E-state index contributed by atoms with van der Waals surface area (Å²) >= 11 is 9.36. The Bertz CT molecular complexity index is 1120. The van der Waals surface area contributed by atoms with Crippen LogP contribution < -0.4 is 5.32 Å². The smallest absolute Gasteiger partial charge is 0.342 e. The molecule has 1 heterocycles. The van der Waals surface area contributed by atoms with Crippen molar-refractivity contribution in [2.45, 2.75) is 6.10 Å². The number of halogens is 2. The van der Waals surface area contributed by atoms with Crippen LogP contribution in [0.4, 0.5) is 10.5 Å². The number of hydrazone groups is 1. The molecule has 0 aromatic heterocycles. The molecule has 6 nitrogen and oxygen atoms in total. The molecule has 0 spiro atoms. The van der Waals surface area contributed by atoms with Gasteiger partial charge in [0, 0.05) is 20.7 Å². The molecule has 31 heavy (non-hydrogen) atoms. The number of hydrogen-bond acceptors (Lipinski definition) is 4. The highest BCUT2D eigenvalue weighted by Gasteiger charge is 2.34. The number of amides is 2. The number of hydrogen-bond donors (Lipinski definition) is 1. The summed E-state index contributed by atoms with van der Waals surface area (Å²) in [6, 6.07) is 22.5. The van der Waals surface area contributed by atoms with E-state index in [9.17, 15) is 9.59 Å². The lowest BCUT2D eigenvalue weighted by molar-refractivity contribution is 0.0413. The number of rotatable bonds is 4. The third-order valence-corrected chi connectivity index (χ3v) is 5.38. The maximum absolute atomic E-state index is 12.8. The minimum absolute atomic E-state index is 0.0961. The predicted molar refractivity (Wildman–Crippen MR) is 124 cm³/mol. The van der Waals surface area contributed by atoms with Crippen molar-refractivity contribution < 1.29 is 14.3 Å². The van der Waals surface area contributed by atoms with Crippen molar-refractivity contribution in [1.82, 2.24) is 5.01 Å². The maximum Gasteiger partial charge on any atom is 0.342 e. The van der Waals surface area contributed by atoms with Crippen LogP contribution in [0, 0.1) is 0 Å². The van der Waals surface area contributed by atoms with E-state index in [0.29, 0.717) is 27.5 Å². The molecule has 1 atom stereocenters. The fourth-order valence-electron chi connectivity index (χ4n) is 3.06. The SMILES string of the molecule is O=C(OC1CN(C(=O)Nc2ccc(Br)cc2)N=C1c1ccc(Cl)cc1)c1ccccc1. The molecule has 0 saturated heterocycles. The molecular weight excluding hydrogens is 482 g/mol. The fourth-order valence-corrected chi connectivity index (χ4v) is 3.45. The summed E-state index contributed by atoms with van der Waals surface area (Å²) in [4.78, 5) is 25.4. The second-order valence-electron chi connectivity index (χ2n) is 6.77. The third-order valence-electron chi connectivity index (χ3n) is 4.60. The first-order chi connectivity index (χ1) is 15.0. The lowest BCUT2D eigenvalue weighted by Crippen LogP contribution is -2.34. The number of carbonyl (C=O) groups excluding carboxylic acids is 2. The van der Waals surface area contributed by atoms with Crippen molar-refractivity contribution in [3.63, 3.8) is 0 Å². The minimum Gasteiger partial charge on any atom is -0.450 e. The van der Waals surface area contributed by atoms with Gasteiger partial charge in [-0.2, -0.15) is 5.10 Å². The van der Waals surface area contributed by atoms with Gasteiger partial charge in [0.15, 0.2) is 6.10 Å². The fraction of sp³-hybridized carbons (Fsp3) is 0.0870. The average molecular weight is 499 g/mol. The Kier molecular flexibility index (Phi) is 6.34. The minimum atomic E-state index is -0.718. The third kappa shape index (κ3) is 5.13. The molecule has 0 radical (unpaired) electrons. The van der Waals surface area contributed by atoms with Crippen LogP contribution in [0.15, 0.2) is 88.4 Å². The van der Waals surface area contributed by atoms with Crippen LogP contribution in [0.1, 0.15) is 15.9 Å². The van der Waals surface area contributed by atoms with Crippen molar-refractivity contribution in [2.75, 3.05) is 11.9 Å². The van der Waals surface area contributed by atoms with E-state index in [1.54, 1.807) is 60.7 Å². The Morgan fingerprint density at radius 3 is 2.35 bits per heavy atom. The molecule has 1 unspecified atom stereocenters. The van der Waals surface area contributed by atoms with Gasteiger partial charge in [-0.25, -0.2) is 14.6 Å². The Morgan fingerprint density at radius 2 is 1.68 bits per heavy atom. The molecule has 8 heteroatoms. The van der Waals surface area contributed by atoms with Crippen LogP contribution in [-0.2, 0) is 4.74 Å². The van der Waals surface area contributed by atoms with E-state index in [1.807, 2.05) is 18.2 Å². The average Bonchev–Trinajstić information content (AvgIpc) is 3.20. The van der Waals surface area contributed by atoms with E-state index in [2.05, 4.69) is 26.3 Å². The van der Waals surface area contributed by atoms with Gasteiger partial charge in [-0.1, -0.05) is 57.9 Å². The number of carbonyl (C=O) groups is 2. The predicted octanol–water partition coefficient (Wildman–Crippen LogP) is 5.58. The van der Waals surface area contributed by atoms with Crippen molar-refractivity contribution in [3.8, 4) is 0 Å². The first kappa shape index (κ1) is 21.1. The van der Waals surface area contributed by atoms with Crippen LogP contribution >= 0.6 is 27.5 Å². The molecule has 0 fully saturated rings.